The third-order valence-corrected chi connectivity index (χ3v) is 4.86. The zero-order valence-electron chi connectivity index (χ0n) is 13.4. The molecule has 0 aliphatic carbocycles. The van der Waals surface area contributed by atoms with Crippen LogP contribution < -0.4 is 5.32 Å². The Morgan fingerprint density at radius 1 is 1.39 bits per heavy atom. The van der Waals surface area contributed by atoms with E-state index in [4.69, 9.17) is 4.42 Å². The summed E-state index contributed by atoms with van der Waals surface area (Å²) in [5.41, 5.74) is 2.69. The van der Waals surface area contributed by atoms with Crippen molar-refractivity contribution in [1.82, 2.24) is 20.4 Å². The molecule has 4 heterocycles. The first kappa shape index (κ1) is 14.5. The number of carbonyl (C=O) groups is 1. The number of aryl methyl sites for hydroxylation is 1. The molecule has 2 aromatic heterocycles. The number of hydrogen-bond acceptors (Lipinski definition) is 4. The van der Waals surface area contributed by atoms with Crippen molar-refractivity contribution in [3.63, 3.8) is 0 Å². The molecular weight excluding hydrogens is 292 g/mol. The maximum Gasteiger partial charge on any atom is 0.275 e. The Morgan fingerprint density at radius 3 is 3.13 bits per heavy atom. The molecule has 0 spiro atoms. The molecule has 2 aliphatic rings. The SMILES string of the molecule is Cc1ccc(C2CCCCN2C(=O)c2n[nH]c3c2CNCC3)o1. The van der Waals surface area contributed by atoms with E-state index in [1.54, 1.807) is 0 Å². The molecule has 2 aromatic rings. The van der Waals surface area contributed by atoms with Gasteiger partial charge < -0.3 is 14.6 Å². The molecule has 0 radical (unpaired) electrons. The number of furan rings is 1. The van der Waals surface area contributed by atoms with Gasteiger partial charge in [-0.05, 0) is 38.3 Å². The summed E-state index contributed by atoms with van der Waals surface area (Å²) in [6.45, 7) is 4.35. The van der Waals surface area contributed by atoms with Crippen molar-refractivity contribution in [3.05, 3.63) is 40.6 Å². The second-order valence-corrected chi connectivity index (χ2v) is 6.41. The number of aromatic amines is 1. The van der Waals surface area contributed by atoms with Gasteiger partial charge in [-0.2, -0.15) is 5.10 Å². The van der Waals surface area contributed by atoms with Gasteiger partial charge in [0.1, 0.15) is 11.5 Å². The van der Waals surface area contributed by atoms with Gasteiger partial charge in [0, 0.05) is 37.3 Å². The molecule has 6 heteroatoms. The summed E-state index contributed by atoms with van der Waals surface area (Å²) in [7, 11) is 0. The highest BCUT2D eigenvalue weighted by Gasteiger charge is 2.33. The van der Waals surface area contributed by atoms with E-state index in [0.29, 0.717) is 12.2 Å². The molecule has 4 rings (SSSR count). The quantitative estimate of drug-likeness (QED) is 0.892. The summed E-state index contributed by atoms with van der Waals surface area (Å²) in [5, 5.41) is 10.7. The Kier molecular flexibility index (Phi) is 3.69. The van der Waals surface area contributed by atoms with Gasteiger partial charge in [-0.1, -0.05) is 0 Å². The highest BCUT2D eigenvalue weighted by atomic mass is 16.3. The molecule has 6 nitrogen and oxygen atoms in total. The number of H-pyrrole nitrogens is 1. The van der Waals surface area contributed by atoms with Crippen LogP contribution in [0.4, 0.5) is 0 Å². The van der Waals surface area contributed by atoms with E-state index in [2.05, 4.69) is 15.5 Å². The Morgan fingerprint density at radius 2 is 2.30 bits per heavy atom. The summed E-state index contributed by atoms with van der Waals surface area (Å²) < 4.78 is 5.80. The van der Waals surface area contributed by atoms with Gasteiger partial charge in [0.15, 0.2) is 5.69 Å². The third kappa shape index (κ3) is 2.57. The van der Waals surface area contributed by atoms with E-state index in [1.807, 2.05) is 24.0 Å². The minimum atomic E-state index is 0.0185. The largest absolute Gasteiger partial charge is 0.464 e. The van der Waals surface area contributed by atoms with Crippen LogP contribution in [0.2, 0.25) is 0 Å². The van der Waals surface area contributed by atoms with Crippen LogP contribution in [0.15, 0.2) is 16.5 Å². The predicted octanol–water partition coefficient (Wildman–Crippen LogP) is 2.32. The number of piperidine rings is 1. The van der Waals surface area contributed by atoms with E-state index in [9.17, 15) is 4.79 Å². The van der Waals surface area contributed by atoms with Crippen molar-refractivity contribution in [2.45, 2.75) is 45.2 Å². The van der Waals surface area contributed by atoms with Gasteiger partial charge in [0.05, 0.1) is 6.04 Å². The molecule has 2 aliphatic heterocycles. The molecule has 0 saturated carbocycles. The number of aromatic nitrogens is 2. The number of nitrogens with one attached hydrogen (secondary N) is 2. The summed E-state index contributed by atoms with van der Waals surface area (Å²) in [5.74, 6) is 1.79. The molecule has 0 bridgehead atoms. The minimum Gasteiger partial charge on any atom is -0.464 e. The van der Waals surface area contributed by atoms with Gasteiger partial charge in [-0.25, -0.2) is 0 Å². The zero-order valence-corrected chi connectivity index (χ0v) is 13.4. The fourth-order valence-corrected chi connectivity index (χ4v) is 3.64. The van der Waals surface area contributed by atoms with Crippen LogP contribution in [-0.2, 0) is 13.0 Å². The summed E-state index contributed by atoms with van der Waals surface area (Å²) in [6, 6.07) is 3.98. The summed E-state index contributed by atoms with van der Waals surface area (Å²) in [6.07, 6.45) is 4.00. The molecule has 1 unspecified atom stereocenters. The zero-order chi connectivity index (χ0) is 15.8. The number of likely N-dealkylation sites (tertiary alicyclic amines) is 1. The van der Waals surface area contributed by atoms with Crippen molar-refractivity contribution in [1.29, 1.82) is 0 Å². The molecule has 2 N–H and O–H groups in total. The lowest BCUT2D eigenvalue weighted by Gasteiger charge is -2.34. The monoisotopic (exact) mass is 314 g/mol. The van der Waals surface area contributed by atoms with E-state index < -0.39 is 0 Å². The summed E-state index contributed by atoms with van der Waals surface area (Å²) in [4.78, 5) is 15.0. The molecule has 1 atom stereocenters. The second-order valence-electron chi connectivity index (χ2n) is 6.41. The molecule has 1 fully saturated rings. The van der Waals surface area contributed by atoms with E-state index in [0.717, 1.165) is 61.6 Å². The van der Waals surface area contributed by atoms with Crippen LogP contribution in [-0.4, -0.2) is 34.1 Å². The van der Waals surface area contributed by atoms with Crippen molar-refractivity contribution < 1.29 is 9.21 Å². The molecule has 122 valence electrons. The highest BCUT2D eigenvalue weighted by molar-refractivity contribution is 5.94. The average Bonchev–Trinajstić information content (AvgIpc) is 3.20. The van der Waals surface area contributed by atoms with Crippen LogP contribution in [0.3, 0.4) is 0 Å². The first-order valence-electron chi connectivity index (χ1n) is 8.38. The molecular formula is C17H22N4O2. The molecule has 1 saturated heterocycles. The molecule has 1 amide bonds. The number of nitrogens with zero attached hydrogens (tertiary/aromatic N) is 2. The van der Waals surface area contributed by atoms with Crippen LogP contribution in [0.5, 0.6) is 0 Å². The van der Waals surface area contributed by atoms with E-state index in [1.165, 1.54) is 0 Å². The second kappa shape index (κ2) is 5.85. The minimum absolute atomic E-state index is 0.0185. The fourth-order valence-electron chi connectivity index (χ4n) is 3.64. The fraction of sp³-hybridized carbons (Fsp3) is 0.529. The lowest BCUT2D eigenvalue weighted by molar-refractivity contribution is 0.0571. The van der Waals surface area contributed by atoms with Gasteiger partial charge in [0.2, 0.25) is 0 Å². The molecule has 23 heavy (non-hydrogen) atoms. The van der Waals surface area contributed by atoms with Crippen LogP contribution >= 0.6 is 0 Å². The highest BCUT2D eigenvalue weighted by Crippen LogP contribution is 2.33. The first-order chi connectivity index (χ1) is 11.2. The number of carbonyl (C=O) groups excluding carboxylic acids is 1. The maximum absolute atomic E-state index is 13.1. The number of fused-ring (bicyclic) bond motifs is 1. The van der Waals surface area contributed by atoms with Gasteiger partial charge in [0.25, 0.3) is 5.91 Å². The normalized spacial score (nSPS) is 21.3. The predicted molar refractivity (Wildman–Crippen MR) is 85.1 cm³/mol. The Bertz CT molecular complexity index is 718. The smallest absolute Gasteiger partial charge is 0.275 e. The Hall–Kier alpha value is -2.08. The Labute approximate surface area is 135 Å². The third-order valence-electron chi connectivity index (χ3n) is 4.86. The van der Waals surface area contributed by atoms with E-state index in [-0.39, 0.29) is 11.9 Å². The van der Waals surface area contributed by atoms with Gasteiger partial charge in [-0.15, -0.1) is 0 Å². The first-order valence-corrected chi connectivity index (χ1v) is 8.38. The van der Waals surface area contributed by atoms with Crippen LogP contribution in [0, 0.1) is 6.92 Å². The Balaban J connectivity index is 1.64. The topological polar surface area (TPSA) is 74.2 Å². The van der Waals surface area contributed by atoms with Crippen molar-refractivity contribution in [3.8, 4) is 0 Å². The standard InChI is InChI=1S/C17H22N4O2/c1-11-5-6-15(23-11)14-4-2-3-9-21(14)17(22)16-12-10-18-8-7-13(12)19-20-16/h5-6,14,18H,2-4,7-10H2,1H3,(H,19,20). The number of amides is 1. The summed E-state index contributed by atoms with van der Waals surface area (Å²) >= 11 is 0. The molecule has 0 aromatic carbocycles. The van der Waals surface area contributed by atoms with Crippen molar-refractivity contribution >= 4 is 5.91 Å². The number of rotatable bonds is 2. The van der Waals surface area contributed by atoms with E-state index >= 15 is 0 Å². The average molecular weight is 314 g/mol. The lowest BCUT2D eigenvalue weighted by atomic mass is 9.98. The van der Waals surface area contributed by atoms with Gasteiger partial charge >= 0.3 is 0 Å². The van der Waals surface area contributed by atoms with Crippen LogP contribution in [0.25, 0.3) is 0 Å². The van der Waals surface area contributed by atoms with Gasteiger partial charge in [-0.3, -0.25) is 9.89 Å². The maximum atomic E-state index is 13.1. The number of hydrogen-bond donors (Lipinski definition) is 2. The lowest BCUT2D eigenvalue weighted by Crippen LogP contribution is -2.39. The van der Waals surface area contributed by atoms with Crippen LogP contribution in [0.1, 0.15) is 58.6 Å². The van der Waals surface area contributed by atoms with Crippen molar-refractivity contribution in [2.75, 3.05) is 13.1 Å². The van der Waals surface area contributed by atoms with Crippen molar-refractivity contribution in [2.24, 2.45) is 0 Å².